The molecule has 0 N–H and O–H groups in total. The summed E-state index contributed by atoms with van der Waals surface area (Å²) in [6, 6.07) is 0. The summed E-state index contributed by atoms with van der Waals surface area (Å²) in [5.74, 6) is -2.71. The zero-order chi connectivity index (χ0) is 44.7. The number of rotatable bonds is 48. The van der Waals surface area contributed by atoms with E-state index in [0.717, 1.165) is 38.5 Å². The summed E-state index contributed by atoms with van der Waals surface area (Å²) in [5.41, 5.74) is 0. The zero-order valence-corrected chi connectivity index (χ0v) is 42.6. The molecule has 0 bridgehead atoms. The van der Waals surface area contributed by atoms with Crippen molar-refractivity contribution in [3.8, 4) is 0 Å². The zero-order valence-electron chi connectivity index (χ0n) is 41.3. The Morgan fingerprint density at radius 2 is 0.311 bits per heavy atom. The fourth-order valence-corrected chi connectivity index (χ4v) is 7.92. The van der Waals surface area contributed by atoms with Crippen LogP contribution < -0.4 is 15.3 Å². The Bertz CT molecular complexity index is 717. The van der Waals surface area contributed by atoms with Crippen molar-refractivity contribution in [2.45, 2.75) is 329 Å². The Morgan fingerprint density at radius 3 is 0.410 bits per heavy atom. The standard InChI is InChI=1S/3C18H36O2.Cr/c3*1-2-3-4-5-6-7-8-9-10-11-12-13-14-15-16-17-18(19)20;/h3*2-17H2,1H3,(H,19,20);/q;;;+2/p-3. The third kappa shape index (κ3) is 76.6. The molecule has 364 valence electrons. The SMILES string of the molecule is CCCCCCCCCCCCCCCCCC(=O)[O-].CCCCCCCCCCCCCCCCCC(=O)[O-].CCCCCCCCCCCCCCCCCC(=O)[O-].[Cr+2]. The van der Waals surface area contributed by atoms with Crippen LogP contribution in [-0.4, -0.2) is 17.9 Å². The van der Waals surface area contributed by atoms with Crippen LogP contribution >= 0.6 is 0 Å². The van der Waals surface area contributed by atoms with Crippen molar-refractivity contribution in [1.29, 1.82) is 0 Å². The Labute approximate surface area is 392 Å². The fraction of sp³-hybridized carbons (Fsp3) is 0.944. The monoisotopic (exact) mass is 902 g/mol. The van der Waals surface area contributed by atoms with Gasteiger partial charge in [-0.15, -0.1) is 0 Å². The minimum Gasteiger partial charge on any atom is -0.550 e. The number of carbonyl (C=O) groups is 3. The topological polar surface area (TPSA) is 120 Å². The van der Waals surface area contributed by atoms with Crippen LogP contribution in [0, 0.1) is 0 Å². The molecule has 6 nitrogen and oxygen atoms in total. The van der Waals surface area contributed by atoms with Crippen molar-refractivity contribution in [2.24, 2.45) is 0 Å². The third-order valence-corrected chi connectivity index (χ3v) is 12.0. The van der Waals surface area contributed by atoms with Crippen molar-refractivity contribution >= 4 is 17.9 Å². The second-order valence-electron chi connectivity index (χ2n) is 18.2. The van der Waals surface area contributed by atoms with E-state index < -0.39 is 17.9 Å². The van der Waals surface area contributed by atoms with Gasteiger partial charge >= 0.3 is 17.4 Å². The summed E-state index contributed by atoms with van der Waals surface area (Å²) < 4.78 is 0. The smallest absolute Gasteiger partial charge is 0.550 e. The van der Waals surface area contributed by atoms with Crippen LogP contribution in [0.4, 0.5) is 0 Å². The fourth-order valence-electron chi connectivity index (χ4n) is 7.92. The molecule has 0 saturated heterocycles. The van der Waals surface area contributed by atoms with Crippen LogP contribution in [0.1, 0.15) is 329 Å². The summed E-state index contributed by atoms with van der Waals surface area (Å²) in [5, 5.41) is 30.7. The number of carbonyl (C=O) groups excluding carboxylic acids is 3. The third-order valence-electron chi connectivity index (χ3n) is 12.0. The normalized spacial score (nSPS) is 10.7. The average molecular weight is 902 g/mol. The van der Waals surface area contributed by atoms with Crippen molar-refractivity contribution in [1.82, 2.24) is 0 Å². The largest absolute Gasteiger partial charge is 2.00 e. The molecular weight excluding hydrogens is 797 g/mol. The number of hydrogen-bond donors (Lipinski definition) is 0. The van der Waals surface area contributed by atoms with Crippen molar-refractivity contribution in [2.75, 3.05) is 0 Å². The summed E-state index contributed by atoms with van der Waals surface area (Å²) in [4.78, 5) is 30.7. The van der Waals surface area contributed by atoms with Gasteiger partial charge in [0.05, 0.1) is 0 Å². The quantitative estimate of drug-likeness (QED) is 0.0561. The maximum absolute atomic E-state index is 10.2. The number of carboxylic acid groups (broad SMARTS) is 3. The summed E-state index contributed by atoms with van der Waals surface area (Å²) in [7, 11) is 0. The molecular formula is C54H105CrO6-. The Hall–Kier alpha value is -1.06. The average Bonchev–Trinajstić information content (AvgIpc) is 3.22. The number of carboxylic acids is 3. The minimum absolute atomic E-state index is 0. The van der Waals surface area contributed by atoms with Crippen LogP contribution in [0.15, 0.2) is 0 Å². The molecule has 0 rings (SSSR count). The Morgan fingerprint density at radius 1 is 0.213 bits per heavy atom. The first-order chi connectivity index (χ1) is 29.3. The van der Waals surface area contributed by atoms with E-state index in [9.17, 15) is 29.7 Å². The molecule has 0 aromatic heterocycles. The maximum Gasteiger partial charge on any atom is 2.00 e. The molecule has 0 spiro atoms. The van der Waals surface area contributed by atoms with Crippen LogP contribution in [-0.2, 0) is 31.7 Å². The van der Waals surface area contributed by atoms with Crippen molar-refractivity contribution in [3.05, 3.63) is 0 Å². The molecule has 7 heteroatoms. The Balaban J connectivity index is -0.000000396. The summed E-state index contributed by atoms with van der Waals surface area (Å²) >= 11 is 0. The molecule has 0 aromatic rings. The van der Waals surface area contributed by atoms with Gasteiger partial charge in [0.2, 0.25) is 0 Å². The van der Waals surface area contributed by atoms with E-state index in [1.807, 2.05) is 0 Å². The van der Waals surface area contributed by atoms with Gasteiger partial charge in [0.25, 0.3) is 0 Å². The molecule has 0 amide bonds. The second-order valence-corrected chi connectivity index (χ2v) is 18.2. The molecule has 0 aromatic carbocycles. The van der Waals surface area contributed by atoms with E-state index >= 15 is 0 Å². The van der Waals surface area contributed by atoms with Gasteiger partial charge in [-0.2, -0.15) is 0 Å². The van der Waals surface area contributed by atoms with Gasteiger partial charge in [0.15, 0.2) is 0 Å². The molecule has 0 aliphatic heterocycles. The van der Waals surface area contributed by atoms with Gasteiger partial charge in [-0.25, -0.2) is 0 Å². The predicted octanol–water partition coefficient (Wildman–Crippen LogP) is 15.0. The van der Waals surface area contributed by atoms with Crippen molar-refractivity contribution < 1.29 is 47.1 Å². The van der Waals surface area contributed by atoms with Crippen LogP contribution in [0.5, 0.6) is 0 Å². The number of unbranched alkanes of at least 4 members (excludes halogenated alkanes) is 42. The molecule has 0 aliphatic carbocycles. The van der Waals surface area contributed by atoms with Crippen molar-refractivity contribution in [3.63, 3.8) is 0 Å². The first-order valence-electron chi connectivity index (χ1n) is 26.9. The van der Waals surface area contributed by atoms with Gasteiger partial charge in [0, 0.05) is 17.9 Å². The van der Waals surface area contributed by atoms with E-state index in [1.165, 1.54) is 250 Å². The molecule has 0 fully saturated rings. The van der Waals surface area contributed by atoms with E-state index in [1.54, 1.807) is 0 Å². The summed E-state index contributed by atoms with van der Waals surface area (Å²) in [6.07, 6.45) is 59.6. The van der Waals surface area contributed by atoms with Crippen LogP contribution in [0.2, 0.25) is 0 Å². The number of aliphatic carboxylic acids is 3. The summed E-state index contributed by atoms with van der Waals surface area (Å²) in [6.45, 7) is 6.80. The molecule has 0 aliphatic rings. The minimum atomic E-state index is -0.903. The van der Waals surface area contributed by atoms with E-state index in [2.05, 4.69) is 20.8 Å². The first kappa shape index (κ1) is 66.5. The van der Waals surface area contributed by atoms with Gasteiger partial charge < -0.3 is 29.7 Å². The Kier molecular flexibility index (Phi) is 69.0. The molecule has 0 saturated carbocycles. The molecule has 0 atom stereocenters. The molecule has 0 unspecified atom stereocenters. The predicted molar refractivity (Wildman–Crippen MR) is 254 cm³/mol. The van der Waals surface area contributed by atoms with Gasteiger partial charge in [-0.1, -0.05) is 290 Å². The van der Waals surface area contributed by atoms with Crippen LogP contribution in [0.25, 0.3) is 0 Å². The van der Waals surface area contributed by atoms with Gasteiger partial charge in [0.1, 0.15) is 0 Å². The second kappa shape index (κ2) is 63.2. The van der Waals surface area contributed by atoms with E-state index in [0.29, 0.717) is 0 Å². The van der Waals surface area contributed by atoms with E-state index in [4.69, 9.17) is 0 Å². The first-order valence-corrected chi connectivity index (χ1v) is 26.9. The number of hydrogen-bond acceptors (Lipinski definition) is 6. The van der Waals surface area contributed by atoms with Gasteiger partial charge in [-0.3, -0.25) is 0 Å². The maximum atomic E-state index is 10.2. The molecule has 61 heavy (non-hydrogen) atoms. The van der Waals surface area contributed by atoms with Gasteiger partial charge in [-0.05, 0) is 38.5 Å². The van der Waals surface area contributed by atoms with Crippen LogP contribution in [0.3, 0.4) is 0 Å². The van der Waals surface area contributed by atoms with E-state index in [-0.39, 0.29) is 36.6 Å². The molecule has 0 heterocycles. The molecule has 0 radical (unpaired) electrons.